The monoisotopic (exact) mass is 338 g/mol. The molecule has 3 rings (SSSR count). The molecule has 0 saturated carbocycles. The number of ether oxygens (including phenoxy) is 1. The van der Waals surface area contributed by atoms with Crippen molar-refractivity contribution in [3.05, 3.63) is 54.6 Å². The van der Waals surface area contributed by atoms with Crippen LogP contribution in [0.1, 0.15) is 26.2 Å². The molecular weight excluding hydrogens is 316 g/mol. The van der Waals surface area contributed by atoms with E-state index in [1.54, 1.807) is 4.90 Å². The SMILES string of the molecule is CCC(Oc1ccccc1)C(=O)Nc1ccc(N2CCCC2=O)cc1. The molecule has 0 spiro atoms. The average molecular weight is 338 g/mol. The Morgan fingerprint density at radius 1 is 1.16 bits per heavy atom. The lowest BCUT2D eigenvalue weighted by atomic mass is 10.2. The van der Waals surface area contributed by atoms with Gasteiger partial charge >= 0.3 is 0 Å². The first-order chi connectivity index (χ1) is 12.2. The van der Waals surface area contributed by atoms with Crippen molar-refractivity contribution < 1.29 is 14.3 Å². The number of nitrogens with one attached hydrogen (secondary N) is 1. The quantitative estimate of drug-likeness (QED) is 0.875. The van der Waals surface area contributed by atoms with E-state index in [1.165, 1.54) is 0 Å². The fraction of sp³-hybridized carbons (Fsp3) is 0.300. The van der Waals surface area contributed by atoms with Crippen molar-refractivity contribution in [1.82, 2.24) is 0 Å². The summed E-state index contributed by atoms with van der Waals surface area (Å²) in [5, 5.41) is 2.87. The Morgan fingerprint density at radius 2 is 1.88 bits per heavy atom. The van der Waals surface area contributed by atoms with Crippen LogP contribution < -0.4 is 15.0 Å². The van der Waals surface area contributed by atoms with Gasteiger partial charge in [0, 0.05) is 24.3 Å². The van der Waals surface area contributed by atoms with E-state index in [0.29, 0.717) is 24.3 Å². The van der Waals surface area contributed by atoms with Gasteiger partial charge < -0.3 is 15.0 Å². The van der Waals surface area contributed by atoms with Crippen LogP contribution >= 0.6 is 0 Å². The summed E-state index contributed by atoms with van der Waals surface area (Å²) in [6, 6.07) is 16.7. The maximum atomic E-state index is 12.4. The number of rotatable bonds is 6. The van der Waals surface area contributed by atoms with E-state index < -0.39 is 6.10 Å². The summed E-state index contributed by atoms with van der Waals surface area (Å²) in [6.07, 6.45) is 1.52. The Hall–Kier alpha value is -2.82. The number of carbonyl (C=O) groups is 2. The molecule has 1 heterocycles. The molecule has 2 aromatic carbocycles. The number of amides is 2. The van der Waals surface area contributed by atoms with Gasteiger partial charge in [-0.25, -0.2) is 0 Å². The molecule has 1 fully saturated rings. The number of anilines is 2. The number of benzene rings is 2. The van der Waals surface area contributed by atoms with Crippen molar-refractivity contribution in [2.75, 3.05) is 16.8 Å². The lowest BCUT2D eigenvalue weighted by Gasteiger charge is -2.18. The fourth-order valence-corrected chi connectivity index (χ4v) is 2.85. The Labute approximate surface area is 147 Å². The minimum Gasteiger partial charge on any atom is -0.481 e. The van der Waals surface area contributed by atoms with Crippen molar-refractivity contribution in [3.63, 3.8) is 0 Å². The van der Waals surface area contributed by atoms with Crippen LogP contribution in [0.3, 0.4) is 0 Å². The third kappa shape index (κ3) is 4.18. The van der Waals surface area contributed by atoms with Crippen molar-refractivity contribution in [3.8, 4) is 5.75 Å². The zero-order chi connectivity index (χ0) is 17.6. The van der Waals surface area contributed by atoms with Gasteiger partial charge in [0.05, 0.1) is 0 Å². The zero-order valence-electron chi connectivity index (χ0n) is 14.3. The van der Waals surface area contributed by atoms with Gasteiger partial charge in [-0.05, 0) is 49.2 Å². The molecule has 1 saturated heterocycles. The summed E-state index contributed by atoms with van der Waals surface area (Å²) < 4.78 is 5.75. The Morgan fingerprint density at radius 3 is 2.48 bits per heavy atom. The highest BCUT2D eigenvalue weighted by Crippen LogP contribution is 2.23. The van der Waals surface area contributed by atoms with Crippen LogP contribution in [-0.4, -0.2) is 24.5 Å². The van der Waals surface area contributed by atoms with Crippen molar-refractivity contribution in [2.24, 2.45) is 0 Å². The first-order valence-electron chi connectivity index (χ1n) is 8.60. The number of para-hydroxylation sites is 1. The fourth-order valence-electron chi connectivity index (χ4n) is 2.85. The van der Waals surface area contributed by atoms with E-state index in [9.17, 15) is 9.59 Å². The van der Waals surface area contributed by atoms with Crippen LogP contribution in [0.2, 0.25) is 0 Å². The lowest BCUT2D eigenvalue weighted by Crippen LogP contribution is -2.32. The van der Waals surface area contributed by atoms with Crippen LogP contribution in [-0.2, 0) is 9.59 Å². The third-order valence-electron chi connectivity index (χ3n) is 4.20. The van der Waals surface area contributed by atoms with Crippen LogP contribution in [0.4, 0.5) is 11.4 Å². The predicted octanol–water partition coefficient (Wildman–Crippen LogP) is 3.61. The van der Waals surface area contributed by atoms with Gasteiger partial charge in [0.1, 0.15) is 5.75 Å². The summed E-state index contributed by atoms with van der Waals surface area (Å²) in [7, 11) is 0. The molecule has 0 aromatic heterocycles. The highest BCUT2D eigenvalue weighted by molar-refractivity contribution is 5.97. The summed E-state index contributed by atoms with van der Waals surface area (Å²) in [4.78, 5) is 26.0. The summed E-state index contributed by atoms with van der Waals surface area (Å²) in [5.74, 6) is 0.642. The topological polar surface area (TPSA) is 58.6 Å². The molecule has 1 unspecified atom stereocenters. The first-order valence-corrected chi connectivity index (χ1v) is 8.60. The van der Waals surface area contributed by atoms with Gasteiger partial charge in [-0.3, -0.25) is 9.59 Å². The number of nitrogens with zero attached hydrogens (tertiary/aromatic N) is 1. The van der Waals surface area contributed by atoms with E-state index in [-0.39, 0.29) is 11.8 Å². The second-order valence-electron chi connectivity index (χ2n) is 6.01. The smallest absolute Gasteiger partial charge is 0.265 e. The molecular formula is C20H22N2O3. The van der Waals surface area contributed by atoms with Crippen LogP contribution in [0.15, 0.2) is 54.6 Å². The van der Waals surface area contributed by atoms with Gasteiger partial charge in [0.25, 0.3) is 5.91 Å². The summed E-state index contributed by atoms with van der Waals surface area (Å²) in [6.45, 7) is 2.67. The molecule has 5 nitrogen and oxygen atoms in total. The van der Waals surface area contributed by atoms with E-state index >= 15 is 0 Å². The Bertz CT molecular complexity index is 728. The number of hydrogen-bond acceptors (Lipinski definition) is 3. The third-order valence-corrected chi connectivity index (χ3v) is 4.20. The summed E-state index contributed by atoms with van der Waals surface area (Å²) >= 11 is 0. The molecule has 25 heavy (non-hydrogen) atoms. The summed E-state index contributed by atoms with van der Waals surface area (Å²) in [5.41, 5.74) is 1.56. The predicted molar refractivity (Wildman–Crippen MR) is 97.8 cm³/mol. The molecule has 1 N–H and O–H groups in total. The van der Waals surface area contributed by atoms with Crippen molar-refractivity contribution in [2.45, 2.75) is 32.3 Å². The van der Waals surface area contributed by atoms with Crippen LogP contribution in [0.5, 0.6) is 5.75 Å². The second kappa shape index (κ2) is 7.83. The van der Waals surface area contributed by atoms with Crippen LogP contribution in [0.25, 0.3) is 0 Å². The van der Waals surface area contributed by atoms with Crippen molar-refractivity contribution >= 4 is 23.2 Å². The Balaban J connectivity index is 1.62. The van der Waals surface area contributed by atoms with E-state index in [1.807, 2.05) is 61.5 Å². The molecule has 2 aromatic rings. The Kier molecular flexibility index (Phi) is 5.33. The lowest BCUT2D eigenvalue weighted by molar-refractivity contribution is -0.122. The van der Waals surface area contributed by atoms with Crippen LogP contribution in [0, 0.1) is 0 Å². The maximum Gasteiger partial charge on any atom is 0.265 e. The first kappa shape index (κ1) is 17.0. The van der Waals surface area contributed by atoms with Gasteiger partial charge in [-0.15, -0.1) is 0 Å². The van der Waals surface area contributed by atoms with E-state index in [2.05, 4.69) is 5.32 Å². The molecule has 1 aliphatic rings. The van der Waals surface area contributed by atoms with Gasteiger partial charge in [-0.1, -0.05) is 25.1 Å². The second-order valence-corrected chi connectivity index (χ2v) is 6.01. The van der Waals surface area contributed by atoms with Gasteiger partial charge in [-0.2, -0.15) is 0 Å². The minimum atomic E-state index is -0.553. The molecule has 0 aliphatic carbocycles. The minimum absolute atomic E-state index is 0.152. The molecule has 0 radical (unpaired) electrons. The highest BCUT2D eigenvalue weighted by atomic mass is 16.5. The molecule has 1 atom stereocenters. The molecule has 1 aliphatic heterocycles. The van der Waals surface area contributed by atoms with Gasteiger partial charge in [0.2, 0.25) is 5.91 Å². The molecule has 0 bridgehead atoms. The average Bonchev–Trinajstić information content (AvgIpc) is 3.07. The van der Waals surface area contributed by atoms with E-state index in [4.69, 9.17) is 4.74 Å². The van der Waals surface area contributed by atoms with E-state index in [0.717, 1.165) is 18.7 Å². The van der Waals surface area contributed by atoms with Gasteiger partial charge in [0.15, 0.2) is 6.10 Å². The standard InChI is InChI=1S/C20H22N2O3/c1-2-18(25-17-7-4-3-5-8-17)20(24)21-15-10-12-16(13-11-15)22-14-6-9-19(22)23/h3-5,7-8,10-13,18H,2,6,9,14H2,1H3,(H,21,24). The normalized spacial score (nSPS) is 15.1. The molecule has 130 valence electrons. The molecule has 5 heteroatoms. The number of hydrogen-bond donors (Lipinski definition) is 1. The maximum absolute atomic E-state index is 12.4. The zero-order valence-corrected chi connectivity index (χ0v) is 14.3. The number of carbonyl (C=O) groups excluding carboxylic acids is 2. The molecule has 2 amide bonds. The highest BCUT2D eigenvalue weighted by Gasteiger charge is 2.22. The van der Waals surface area contributed by atoms with Crippen molar-refractivity contribution in [1.29, 1.82) is 0 Å². The largest absolute Gasteiger partial charge is 0.481 e.